The third-order valence-electron chi connectivity index (χ3n) is 2.58. The van der Waals surface area contributed by atoms with Crippen LogP contribution in [0.1, 0.15) is 23.5 Å². The largest absolute Gasteiger partial charge is 0.397 e. The van der Waals surface area contributed by atoms with Crippen LogP contribution in [0.2, 0.25) is 5.02 Å². The van der Waals surface area contributed by atoms with Gasteiger partial charge in [0.2, 0.25) is 0 Å². The molecule has 3 nitrogen and oxygen atoms in total. The molecule has 3 N–H and O–H groups in total. The van der Waals surface area contributed by atoms with Gasteiger partial charge in [-0.25, -0.2) is 0 Å². The Hall–Kier alpha value is -1.26. The van der Waals surface area contributed by atoms with Crippen LogP contribution >= 0.6 is 22.9 Å². The van der Waals surface area contributed by atoms with Gasteiger partial charge in [0.1, 0.15) is 4.88 Å². The molecule has 1 aromatic heterocycles. The first-order chi connectivity index (χ1) is 8.50. The minimum Gasteiger partial charge on any atom is -0.397 e. The van der Waals surface area contributed by atoms with E-state index < -0.39 is 0 Å². The fourth-order valence-corrected chi connectivity index (χ4v) is 3.07. The summed E-state index contributed by atoms with van der Waals surface area (Å²) < 4.78 is 0.940. The third-order valence-corrected chi connectivity index (χ3v) is 4.06. The zero-order valence-electron chi connectivity index (χ0n) is 10.3. The second kappa shape index (κ2) is 5.16. The van der Waals surface area contributed by atoms with Crippen LogP contribution in [0.15, 0.2) is 18.2 Å². The number of rotatable bonds is 3. The minimum atomic E-state index is -0.126. The second-order valence-corrected chi connectivity index (χ2v) is 6.02. The van der Waals surface area contributed by atoms with E-state index in [9.17, 15) is 4.79 Å². The van der Waals surface area contributed by atoms with E-state index in [0.717, 1.165) is 10.1 Å². The molecule has 0 saturated carbocycles. The van der Waals surface area contributed by atoms with Crippen LogP contribution in [-0.2, 0) is 0 Å². The van der Waals surface area contributed by atoms with Gasteiger partial charge in [0.25, 0.3) is 5.91 Å². The van der Waals surface area contributed by atoms with Gasteiger partial charge in [0, 0.05) is 16.6 Å². The summed E-state index contributed by atoms with van der Waals surface area (Å²) in [7, 11) is 0. The summed E-state index contributed by atoms with van der Waals surface area (Å²) in [6.45, 7) is 4.73. The first-order valence-electron chi connectivity index (χ1n) is 5.75. The van der Waals surface area contributed by atoms with Crippen LogP contribution in [-0.4, -0.2) is 12.5 Å². The summed E-state index contributed by atoms with van der Waals surface area (Å²) in [4.78, 5) is 12.6. The van der Waals surface area contributed by atoms with Crippen molar-refractivity contribution in [1.29, 1.82) is 0 Å². The molecular formula is C13H15ClN2OS. The van der Waals surface area contributed by atoms with E-state index in [2.05, 4.69) is 5.32 Å². The highest BCUT2D eigenvalue weighted by molar-refractivity contribution is 7.21. The zero-order chi connectivity index (χ0) is 13.3. The van der Waals surface area contributed by atoms with Crippen LogP contribution in [0, 0.1) is 5.92 Å². The number of amides is 1. The zero-order valence-corrected chi connectivity index (χ0v) is 11.9. The first kappa shape index (κ1) is 13.2. The molecule has 2 aromatic rings. The summed E-state index contributed by atoms with van der Waals surface area (Å²) in [5, 5.41) is 4.23. The fraction of sp³-hybridized carbons (Fsp3) is 0.308. The lowest BCUT2D eigenvalue weighted by Crippen LogP contribution is -2.27. The van der Waals surface area contributed by atoms with E-state index in [1.165, 1.54) is 11.3 Å². The second-order valence-electron chi connectivity index (χ2n) is 4.56. The van der Waals surface area contributed by atoms with Gasteiger partial charge in [-0.05, 0) is 18.1 Å². The lowest BCUT2D eigenvalue weighted by molar-refractivity contribution is 0.0954. The van der Waals surface area contributed by atoms with E-state index >= 15 is 0 Å². The topological polar surface area (TPSA) is 55.1 Å². The molecular weight excluding hydrogens is 268 g/mol. The standard InChI is InChI=1S/C13H15ClN2OS/c1-7(2)6-16-13(17)12-11(15)10-8(14)4-3-5-9(10)18-12/h3-5,7H,6,15H2,1-2H3,(H,16,17). The predicted octanol–water partition coefficient (Wildman–Crippen LogP) is 3.52. The van der Waals surface area contributed by atoms with E-state index in [1.807, 2.05) is 26.0 Å². The molecule has 96 valence electrons. The van der Waals surface area contributed by atoms with Gasteiger partial charge in [0.15, 0.2) is 0 Å². The van der Waals surface area contributed by atoms with Gasteiger partial charge < -0.3 is 11.1 Å². The van der Waals surface area contributed by atoms with Crippen molar-refractivity contribution in [1.82, 2.24) is 5.32 Å². The third kappa shape index (κ3) is 2.44. The van der Waals surface area contributed by atoms with E-state index in [4.69, 9.17) is 17.3 Å². The molecule has 0 bridgehead atoms. The van der Waals surface area contributed by atoms with Crippen molar-refractivity contribution in [3.05, 3.63) is 28.1 Å². The van der Waals surface area contributed by atoms with Gasteiger partial charge >= 0.3 is 0 Å². The van der Waals surface area contributed by atoms with Gasteiger partial charge in [0.05, 0.1) is 10.7 Å². The molecule has 0 atom stereocenters. The number of halogens is 1. The number of anilines is 1. The van der Waals surface area contributed by atoms with Crippen molar-refractivity contribution in [3.8, 4) is 0 Å². The van der Waals surface area contributed by atoms with E-state index in [1.54, 1.807) is 6.07 Å². The molecule has 18 heavy (non-hydrogen) atoms. The van der Waals surface area contributed by atoms with Crippen molar-refractivity contribution >= 4 is 44.6 Å². The molecule has 2 rings (SSSR count). The monoisotopic (exact) mass is 282 g/mol. The number of carbonyl (C=O) groups excluding carboxylic acids is 1. The van der Waals surface area contributed by atoms with Crippen LogP contribution in [0.5, 0.6) is 0 Å². The van der Waals surface area contributed by atoms with Crippen molar-refractivity contribution < 1.29 is 4.79 Å². The Bertz CT molecular complexity index is 592. The molecule has 0 radical (unpaired) electrons. The van der Waals surface area contributed by atoms with Crippen LogP contribution in [0.3, 0.4) is 0 Å². The number of nitrogens with one attached hydrogen (secondary N) is 1. The number of hydrogen-bond donors (Lipinski definition) is 2. The smallest absolute Gasteiger partial charge is 0.263 e. The average Bonchev–Trinajstić information content (AvgIpc) is 2.65. The number of nitrogen functional groups attached to an aromatic ring is 1. The van der Waals surface area contributed by atoms with E-state index in [0.29, 0.717) is 28.0 Å². The van der Waals surface area contributed by atoms with Gasteiger partial charge in [-0.1, -0.05) is 31.5 Å². The Morgan fingerprint density at radius 3 is 2.83 bits per heavy atom. The van der Waals surface area contributed by atoms with Crippen molar-refractivity contribution in [2.24, 2.45) is 5.92 Å². The highest BCUT2D eigenvalue weighted by atomic mass is 35.5. The number of hydrogen-bond acceptors (Lipinski definition) is 3. The number of nitrogens with two attached hydrogens (primary N) is 1. The summed E-state index contributed by atoms with van der Waals surface area (Å²) in [5.41, 5.74) is 6.49. The molecule has 1 aromatic carbocycles. The minimum absolute atomic E-state index is 0.126. The molecule has 0 fully saturated rings. The summed E-state index contributed by atoms with van der Waals surface area (Å²) in [6, 6.07) is 5.56. The Labute approximate surface area is 115 Å². The maximum Gasteiger partial charge on any atom is 0.263 e. The quantitative estimate of drug-likeness (QED) is 0.905. The first-order valence-corrected chi connectivity index (χ1v) is 6.95. The lowest BCUT2D eigenvalue weighted by atomic mass is 10.2. The van der Waals surface area contributed by atoms with Crippen molar-refractivity contribution in [2.45, 2.75) is 13.8 Å². The highest BCUT2D eigenvalue weighted by Gasteiger charge is 2.17. The van der Waals surface area contributed by atoms with E-state index in [-0.39, 0.29) is 5.91 Å². The molecule has 0 aliphatic rings. The molecule has 5 heteroatoms. The molecule has 0 unspecified atom stereocenters. The molecule has 1 amide bonds. The maximum absolute atomic E-state index is 12.0. The summed E-state index contributed by atoms with van der Waals surface area (Å²) in [6.07, 6.45) is 0. The number of carbonyl (C=O) groups is 1. The summed E-state index contributed by atoms with van der Waals surface area (Å²) in [5.74, 6) is 0.284. The Balaban J connectivity index is 2.37. The van der Waals surface area contributed by atoms with Crippen molar-refractivity contribution in [3.63, 3.8) is 0 Å². The van der Waals surface area contributed by atoms with Crippen LogP contribution < -0.4 is 11.1 Å². The Kier molecular flexibility index (Phi) is 3.78. The molecule has 0 spiro atoms. The number of thiophene rings is 1. The van der Waals surface area contributed by atoms with Gasteiger partial charge in [-0.3, -0.25) is 4.79 Å². The van der Waals surface area contributed by atoms with Gasteiger partial charge in [-0.2, -0.15) is 0 Å². The number of benzene rings is 1. The maximum atomic E-state index is 12.0. The molecule has 0 aliphatic carbocycles. The average molecular weight is 283 g/mol. The van der Waals surface area contributed by atoms with Crippen LogP contribution in [0.4, 0.5) is 5.69 Å². The normalized spacial score (nSPS) is 11.1. The molecule has 1 heterocycles. The molecule has 0 aliphatic heterocycles. The summed E-state index contributed by atoms with van der Waals surface area (Å²) >= 11 is 7.48. The molecule has 0 saturated heterocycles. The SMILES string of the molecule is CC(C)CNC(=O)c1sc2cccc(Cl)c2c1N. The van der Waals surface area contributed by atoms with Crippen molar-refractivity contribution in [2.75, 3.05) is 12.3 Å². The van der Waals surface area contributed by atoms with Crippen LogP contribution in [0.25, 0.3) is 10.1 Å². The van der Waals surface area contributed by atoms with Gasteiger partial charge in [-0.15, -0.1) is 11.3 Å². The Morgan fingerprint density at radius 2 is 2.22 bits per heavy atom. The highest BCUT2D eigenvalue weighted by Crippen LogP contribution is 2.37. The predicted molar refractivity (Wildman–Crippen MR) is 78.4 cm³/mol. The Morgan fingerprint density at radius 1 is 1.50 bits per heavy atom. The number of fused-ring (bicyclic) bond motifs is 1. The lowest BCUT2D eigenvalue weighted by Gasteiger charge is -2.06. The fourth-order valence-electron chi connectivity index (χ4n) is 1.68.